The Morgan fingerprint density at radius 2 is 1.59 bits per heavy atom. The van der Waals surface area contributed by atoms with Crippen molar-refractivity contribution in [1.82, 2.24) is 14.9 Å². The zero-order valence-electron chi connectivity index (χ0n) is 22.2. The molecule has 212 valence electrons. The Hall–Kier alpha value is -3.64. The molecule has 3 rings (SSSR count). The molecule has 11 nitrogen and oxygen atoms in total. The zero-order valence-corrected chi connectivity index (χ0v) is 23.0. The fourth-order valence-electron chi connectivity index (χ4n) is 4.24. The molecule has 0 saturated carbocycles. The Balaban J connectivity index is 1.71. The number of phenolic OH excluding ortho intramolecular Hbond substituents is 1. The van der Waals surface area contributed by atoms with Crippen molar-refractivity contribution in [3.05, 3.63) is 65.7 Å². The first kappa shape index (κ1) is 29.9. The van der Waals surface area contributed by atoms with Crippen LogP contribution in [0.4, 0.5) is 4.79 Å². The molecule has 1 aliphatic rings. The average Bonchev–Trinajstić information content (AvgIpc) is 3.35. The smallest absolute Gasteiger partial charge is 0.408 e. The molecular formula is C27H35N3O8S. The minimum absolute atomic E-state index is 0.0285. The van der Waals surface area contributed by atoms with Crippen LogP contribution >= 0.6 is 0 Å². The highest BCUT2D eigenvalue weighted by atomic mass is 32.2. The van der Waals surface area contributed by atoms with Crippen molar-refractivity contribution >= 4 is 28.0 Å². The van der Waals surface area contributed by atoms with Gasteiger partial charge in [-0.1, -0.05) is 42.5 Å². The molecule has 4 N–H and O–H groups in total. The molecule has 1 heterocycles. The average molecular weight is 562 g/mol. The first-order chi connectivity index (χ1) is 18.2. The van der Waals surface area contributed by atoms with Crippen LogP contribution in [0, 0.1) is 0 Å². The van der Waals surface area contributed by atoms with E-state index in [1.165, 1.54) is 17.0 Å². The van der Waals surface area contributed by atoms with Crippen LogP contribution in [-0.4, -0.2) is 77.5 Å². The van der Waals surface area contributed by atoms with Gasteiger partial charge >= 0.3 is 12.1 Å². The van der Waals surface area contributed by atoms with E-state index in [-0.39, 0.29) is 38.1 Å². The predicted molar refractivity (Wildman–Crippen MR) is 144 cm³/mol. The van der Waals surface area contributed by atoms with E-state index in [0.29, 0.717) is 11.1 Å². The Kier molecular flexibility index (Phi) is 9.57. The number of rotatable bonds is 10. The zero-order chi connectivity index (χ0) is 28.8. The molecule has 0 bridgehead atoms. The van der Waals surface area contributed by atoms with Gasteiger partial charge in [0, 0.05) is 19.5 Å². The highest BCUT2D eigenvalue weighted by molar-refractivity contribution is 7.90. The third kappa shape index (κ3) is 8.96. The lowest BCUT2D eigenvalue weighted by Crippen LogP contribution is -2.51. The number of nitrogens with one attached hydrogen (secondary N) is 2. The Morgan fingerprint density at radius 3 is 2.18 bits per heavy atom. The molecule has 1 fully saturated rings. The Labute approximate surface area is 228 Å². The summed E-state index contributed by atoms with van der Waals surface area (Å²) in [5.74, 6) is -1.75. The summed E-state index contributed by atoms with van der Waals surface area (Å²) in [5.41, 5.74) is 0.536. The van der Waals surface area contributed by atoms with Crippen LogP contribution in [0.3, 0.4) is 0 Å². The molecule has 2 aromatic carbocycles. The number of hydrogen-bond donors (Lipinski definition) is 4. The van der Waals surface area contributed by atoms with E-state index in [1.807, 2.05) is 0 Å². The number of carbonyl (C=O) groups is 3. The van der Waals surface area contributed by atoms with Crippen molar-refractivity contribution in [2.45, 2.75) is 63.0 Å². The molecule has 2 aromatic rings. The first-order valence-electron chi connectivity index (χ1n) is 12.6. The van der Waals surface area contributed by atoms with Gasteiger partial charge in [-0.05, 0) is 56.9 Å². The fraction of sp³-hybridized carbons (Fsp3) is 0.444. The summed E-state index contributed by atoms with van der Waals surface area (Å²) in [4.78, 5) is 39.1. The number of benzene rings is 2. The number of sulfonamides is 1. The number of amides is 2. The maximum Gasteiger partial charge on any atom is 0.408 e. The molecule has 12 heteroatoms. The van der Waals surface area contributed by atoms with E-state index in [4.69, 9.17) is 4.74 Å². The summed E-state index contributed by atoms with van der Waals surface area (Å²) in [6.45, 7) is 5.02. The van der Waals surface area contributed by atoms with E-state index in [0.717, 1.165) is 0 Å². The van der Waals surface area contributed by atoms with Crippen molar-refractivity contribution in [2.24, 2.45) is 0 Å². The van der Waals surface area contributed by atoms with E-state index in [9.17, 15) is 33.0 Å². The number of carbonyl (C=O) groups excluding carboxylic acids is 2. The van der Waals surface area contributed by atoms with Gasteiger partial charge in [-0.25, -0.2) is 17.9 Å². The number of aliphatic carboxylic acids is 1. The van der Waals surface area contributed by atoms with E-state index >= 15 is 0 Å². The molecule has 0 spiro atoms. The van der Waals surface area contributed by atoms with Gasteiger partial charge in [-0.3, -0.25) is 9.59 Å². The molecule has 1 aliphatic heterocycles. The SMILES string of the molecule is CC(C)(C)OC(=O)N[C@@H](Cc1ccc(O)cc1)C(=O)N1CC[C@H](S(=O)(=O)N[C@@H](Cc2ccccc2)C(=O)O)C1. The number of ether oxygens (including phenoxy) is 1. The van der Waals surface area contributed by atoms with Gasteiger partial charge in [0.25, 0.3) is 0 Å². The minimum Gasteiger partial charge on any atom is -0.508 e. The second-order valence-electron chi connectivity index (χ2n) is 10.5. The number of aromatic hydroxyl groups is 1. The first-order valence-corrected chi connectivity index (χ1v) is 14.1. The maximum absolute atomic E-state index is 13.5. The van der Waals surface area contributed by atoms with Crippen molar-refractivity contribution in [3.63, 3.8) is 0 Å². The number of alkyl carbamates (subject to hydrolysis) is 1. The van der Waals surface area contributed by atoms with E-state index in [2.05, 4.69) is 10.0 Å². The van der Waals surface area contributed by atoms with Gasteiger partial charge in [-0.15, -0.1) is 0 Å². The van der Waals surface area contributed by atoms with Gasteiger partial charge < -0.3 is 25.2 Å². The van der Waals surface area contributed by atoms with Crippen LogP contribution in [0.25, 0.3) is 0 Å². The van der Waals surface area contributed by atoms with Gasteiger partial charge in [0.15, 0.2) is 0 Å². The van der Waals surface area contributed by atoms with Crippen molar-refractivity contribution in [2.75, 3.05) is 13.1 Å². The van der Waals surface area contributed by atoms with Gasteiger partial charge in [-0.2, -0.15) is 0 Å². The highest BCUT2D eigenvalue weighted by Crippen LogP contribution is 2.20. The molecule has 2 amide bonds. The molecular weight excluding hydrogens is 526 g/mol. The molecule has 0 aromatic heterocycles. The van der Waals surface area contributed by atoms with Gasteiger partial charge in [0.1, 0.15) is 23.4 Å². The van der Waals surface area contributed by atoms with Crippen molar-refractivity contribution < 1.29 is 37.8 Å². The van der Waals surface area contributed by atoms with Crippen LogP contribution in [0.15, 0.2) is 54.6 Å². The topological polar surface area (TPSA) is 162 Å². The Bertz CT molecular complexity index is 1260. The highest BCUT2D eigenvalue weighted by Gasteiger charge is 2.39. The molecule has 39 heavy (non-hydrogen) atoms. The molecule has 3 atom stereocenters. The van der Waals surface area contributed by atoms with Crippen LogP contribution in [0.2, 0.25) is 0 Å². The quantitative estimate of drug-likeness (QED) is 0.343. The summed E-state index contributed by atoms with van der Waals surface area (Å²) in [6, 6.07) is 12.4. The second kappa shape index (κ2) is 12.5. The summed E-state index contributed by atoms with van der Waals surface area (Å²) >= 11 is 0. The normalized spacial score (nSPS) is 17.3. The summed E-state index contributed by atoms with van der Waals surface area (Å²) in [6.07, 6.45) is -0.631. The Morgan fingerprint density at radius 1 is 1.00 bits per heavy atom. The standard InChI is InChI=1S/C27H35N3O8S/c1-27(2,3)38-26(35)28-22(15-19-9-11-20(31)12-10-19)24(32)30-14-13-21(17-30)39(36,37)29-23(25(33)34)16-18-7-5-4-6-8-18/h4-12,21-23,29,31H,13-17H2,1-3H3,(H,28,35)(H,33,34)/t21-,22-,23-/m0/s1. The molecule has 0 radical (unpaired) electrons. The van der Waals surface area contributed by atoms with Crippen LogP contribution < -0.4 is 10.0 Å². The third-order valence-corrected chi connectivity index (χ3v) is 8.02. The van der Waals surface area contributed by atoms with Crippen LogP contribution in [0.1, 0.15) is 38.3 Å². The second-order valence-corrected chi connectivity index (χ2v) is 12.5. The van der Waals surface area contributed by atoms with E-state index < -0.39 is 50.9 Å². The summed E-state index contributed by atoms with van der Waals surface area (Å²) in [5, 5.41) is 20.7. The summed E-state index contributed by atoms with van der Waals surface area (Å²) in [7, 11) is -4.09. The molecule has 0 aliphatic carbocycles. The van der Waals surface area contributed by atoms with Crippen molar-refractivity contribution in [3.8, 4) is 5.75 Å². The number of nitrogens with zero attached hydrogens (tertiary/aromatic N) is 1. The fourth-order valence-corrected chi connectivity index (χ4v) is 5.81. The lowest BCUT2D eigenvalue weighted by molar-refractivity contribution is -0.139. The van der Waals surface area contributed by atoms with Crippen LogP contribution in [0.5, 0.6) is 5.75 Å². The predicted octanol–water partition coefficient (Wildman–Crippen LogP) is 2.04. The lowest BCUT2D eigenvalue weighted by Gasteiger charge is -2.26. The minimum atomic E-state index is -4.09. The largest absolute Gasteiger partial charge is 0.508 e. The number of hydrogen-bond acceptors (Lipinski definition) is 7. The molecule has 1 saturated heterocycles. The number of phenols is 1. The maximum atomic E-state index is 13.5. The number of carboxylic acid groups (broad SMARTS) is 1. The molecule has 0 unspecified atom stereocenters. The van der Waals surface area contributed by atoms with Crippen molar-refractivity contribution in [1.29, 1.82) is 0 Å². The number of carboxylic acids is 1. The summed E-state index contributed by atoms with van der Waals surface area (Å²) < 4.78 is 33.8. The lowest BCUT2D eigenvalue weighted by atomic mass is 10.0. The van der Waals surface area contributed by atoms with Gasteiger partial charge in [0.2, 0.25) is 15.9 Å². The third-order valence-electron chi connectivity index (χ3n) is 6.15. The number of likely N-dealkylation sites (tertiary alicyclic amines) is 1. The van der Waals surface area contributed by atoms with Crippen LogP contribution in [-0.2, 0) is 37.2 Å². The van der Waals surface area contributed by atoms with Gasteiger partial charge in [0.05, 0.1) is 5.25 Å². The van der Waals surface area contributed by atoms with E-state index in [1.54, 1.807) is 63.2 Å². The monoisotopic (exact) mass is 561 g/mol.